The highest BCUT2D eigenvalue weighted by molar-refractivity contribution is 5.81. The predicted octanol–water partition coefficient (Wildman–Crippen LogP) is -0.635. The lowest BCUT2D eigenvalue weighted by molar-refractivity contribution is -0.153. The van der Waals surface area contributed by atoms with Crippen LogP contribution in [0.1, 0.15) is 12.8 Å². The smallest absolute Gasteiger partial charge is 0.253 e. The number of rotatable bonds is 1. The Bertz CT molecular complexity index is 266. The van der Waals surface area contributed by atoms with Crippen LogP contribution in [0.3, 0.4) is 0 Å². The van der Waals surface area contributed by atoms with Crippen LogP contribution in [0.2, 0.25) is 0 Å². The van der Waals surface area contributed by atoms with Crippen molar-refractivity contribution in [3.8, 4) is 0 Å². The van der Waals surface area contributed by atoms with Crippen LogP contribution in [-0.2, 0) is 14.3 Å². The fourth-order valence-electron chi connectivity index (χ4n) is 2.72. The van der Waals surface area contributed by atoms with E-state index in [0.717, 1.165) is 32.5 Å². The lowest BCUT2D eigenvalue weighted by Crippen LogP contribution is -2.54. The summed E-state index contributed by atoms with van der Waals surface area (Å²) in [5.41, 5.74) is 0. The molecule has 3 heterocycles. The number of likely N-dealkylation sites (tertiary alicyclic amines) is 1. The van der Waals surface area contributed by atoms with Gasteiger partial charge in [0.15, 0.2) is 0 Å². The second-order valence-corrected chi connectivity index (χ2v) is 4.76. The summed E-state index contributed by atoms with van der Waals surface area (Å²) in [5, 5.41) is 3.19. The minimum Gasteiger partial charge on any atom is -0.371 e. The summed E-state index contributed by atoms with van der Waals surface area (Å²) in [5.74, 6) is 0.132. The largest absolute Gasteiger partial charge is 0.371 e. The predicted molar refractivity (Wildman–Crippen MR) is 57.1 cm³/mol. The lowest BCUT2D eigenvalue weighted by Gasteiger charge is -2.35. The van der Waals surface area contributed by atoms with Crippen molar-refractivity contribution in [3.63, 3.8) is 0 Å². The van der Waals surface area contributed by atoms with E-state index in [1.54, 1.807) is 0 Å². The van der Waals surface area contributed by atoms with Crippen LogP contribution in [0.4, 0.5) is 0 Å². The minimum absolute atomic E-state index is 0.132. The standard InChI is InChI=1S/C11H18N2O3/c14-11(10-5-12-3-4-15-10)13-6-8-1-2-9(7-13)16-8/h8-10,12H,1-7H2. The number of nitrogens with zero attached hydrogens (tertiary/aromatic N) is 1. The Kier molecular flexibility index (Phi) is 2.83. The van der Waals surface area contributed by atoms with Gasteiger partial charge in [-0.05, 0) is 12.8 Å². The van der Waals surface area contributed by atoms with Gasteiger partial charge in [0.2, 0.25) is 0 Å². The van der Waals surface area contributed by atoms with E-state index in [4.69, 9.17) is 9.47 Å². The van der Waals surface area contributed by atoms with Crippen molar-refractivity contribution in [3.05, 3.63) is 0 Å². The van der Waals surface area contributed by atoms with Gasteiger partial charge < -0.3 is 19.7 Å². The van der Waals surface area contributed by atoms with Crippen LogP contribution in [0.5, 0.6) is 0 Å². The number of ether oxygens (including phenoxy) is 2. The second-order valence-electron chi connectivity index (χ2n) is 4.76. The van der Waals surface area contributed by atoms with Crippen LogP contribution in [0.15, 0.2) is 0 Å². The number of nitrogens with one attached hydrogen (secondary N) is 1. The summed E-state index contributed by atoms with van der Waals surface area (Å²) < 4.78 is 11.2. The van der Waals surface area contributed by atoms with Gasteiger partial charge in [0, 0.05) is 26.2 Å². The zero-order chi connectivity index (χ0) is 11.0. The van der Waals surface area contributed by atoms with E-state index in [1.165, 1.54) is 0 Å². The van der Waals surface area contributed by atoms with Crippen molar-refractivity contribution >= 4 is 5.91 Å². The van der Waals surface area contributed by atoms with Gasteiger partial charge >= 0.3 is 0 Å². The van der Waals surface area contributed by atoms with E-state index in [2.05, 4.69) is 5.32 Å². The summed E-state index contributed by atoms with van der Waals surface area (Å²) >= 11 is 0. The zero-order valence-electron chi connectivity index (χ0n) is 9.35. The van der Waals surface area contributed by atoms with E-state index in [-0.39, 0.29) is 24.2 Å². The van der Waals surface area contributed by atoms with E-state index < -0.39 is 0 Å². The Labute approximate surface area is 95.1 Å². The first kappa shape index (κ1) is 10.5. The molecule has 3 unspecified atom stereocenters. The third-order valence-corrected chi connectivity index (χ3v) is 3.56. The molecular formula is C11H18N2O3. The Morgan fingerprint density at radius 1 is 1.25 bits per heavy atom. The third kappa shape index (κ3) is 1.95. The quantitative estimate of drug-likeness (QED) is 0.646. The topological polar surface area (TPSA) is 50.8 Å². The minimum atomic E-state index is -0.286. The molecule has 0 aliphatic carbocycles. The van der Waals surface area contributed by atoms with Crippen LogP contribution in [0, 0.1) is 0 Å². The molecule has 3 saturated heterocycles. The fraction of sp³-hybridized carbons (Fsp3) is 0.909. The number of hydrogen-bond acceptors (Lipinski definition) is 4. The normalized spacial score (nSPS) is 38.8. The molecule has 0 aromatic heterocycles. The molecule has 90 valence electrons. The molecule has 0 aromatic rings. The van der Waals surface area contributed by atoms with Gasteiger partial charge in [-0.3, -0.25) is 4.79 Å². The molecule has 0 aromatic carbocycles. The fourth-order valence-corrected chi connectivity index (χ4v) is 2.72. The van der Waals surface area contributed by atoms with Crippen molar-refractivity contribution in [2.45, 2.75) is 31.2 Å². The molecule has 1 amide bonds. The maximum absolute atomic E-state index is 12.2. The van der Waals surface area contributed by atoms with Crippen molar-refractivity contribution < 1.29 is 14.3 Å². The SMILES string of the molecule is O=C(C1CNCCO1)N1CC2CCC(C1)O2. The van der Waals surface area contributed by atoms with Crippen LogP contribution in [0.25, 0.3) is 0 Å². The maximum Gasteiger partial charge on any atom is 0.253 e. The first-order chi connectivity index (χ1) is 7.83. The molecule has 16 heavy (non-hydrogen) atoms. The molecule has 2 bridgehead atoms. The molecule has 0 saturated carbocycles. The van der Waals surface area contributed by atoms with Gasteiger partial charge in [-0.1, -0.05) is 0 Å². The molecule has 0 spiro atoms. The van der Waals surface area contributed by atoms with Gasteiger partial charge in [0.1, 0.15) is 6.10 Å². The van der Waals surface area contributed by atoms with E-state index in [1.807, 2.05) is 4.90 Å². The number of carbonyl (C=O) groups excluding carboxylic acids is 1. The summed E-state index contributed by atoms with van der Waals surface area (Å²) in [6.45, 7) is 3.61. The molecule has 5 nitrogen and oxygen atoms in total. The number of carbonyl (C=O) groups is 1. The van der Waals surface area contributed by atoms with Gasteiger partial charge in [-0.2, -0.15) is 0 Å². The molecule has 3 rings (SSSR count). The van der Waals surface area contributed by atoms with Crippen molar-refractivity contribution in [2.75, 3.05) is 32.8 Å². The van der Waals surface area contributed by atoms with Crippen molar-refractivity contribution in [1.29, 1.82) is 0 Å². The molecule has 3 atom stereocenters. The molecule has 1 N–H and O–H groups in total. The maximum atomic E-state index is 12.2. The Morgan fingerprint density at radius 3 is 2.62 bits per heavy atom. The van der Waals surface area contributed by atoms with Crippen LogP contribution < -0.4 is 5.32 Å². The van der Waals surface area contributed by atoms with Gasteiger partial charge in [0.05, 0.1) is 18.8 Å². The van der Waals surface area contributed by atoms with Crippen molar-refractivity contribution in [1.82, 2.24) is 10.2 Å². The van der Waals surface area contributed by atoms with Gasteiger partial charge in [-0.15, -0.1) is 0 Å². The summed E-state index contributed by atoms with van der Waals surface area (Å²) in [4.78, 5) is 14.1. The highest BCUT2D eigenvalue weighted by Crippen LogP contribution is 2.26. The first-order valence-electron chi connectivity index (χ1n) is 6.09. The molecule has 0 radical (unpaired) electrons. The Morgan fingerprint density at radius 2 is 2.00 bits per heavy atom. The molecule has 3 aliphatic rings. The molecule has 3 aliphatic heterocycles. The highest BCUT2D eigenvalue weighted by Gasteiger charge is 2.38. The van der Waals surface area contributed by atoms with Crippen LogP contribution in [-0.4, -0.2) is 61.9 Å². The average Bonchev–Trinajstić information content (AvgIpc) is 2.68. The Balaban J connectivity index is 1.61. The summed E-state index contributed by atoms with van der Waals surface area (Å²) in [7, 11) is 0. The van der Waals surface area contributed by atoms with Crippen LogP contribution >= 0.6 is 0 Å². The zero-order valence-corrected chi connectivity index (χ0v) is 9.35. The Hall–Kier alpha value is -0.650. The first-order valence-corrected chi connectivity index (χ1v) is 6.09. The number of fused-ring (bicyclic) bond motifs is 2. The van der Waals surface area contributed by atoms with Gasteiger partial charge in [0.25, 0.3) is 5.91 Å². The molecule has 3 fully saturated rings. The summed E-state index contributed by atoms with van der Waals surface area (Å²) in [6.07, 6.45) is 2.43. The van der Waals surface area contributed by atoms with E-state index in [9.17, 15) is 4.79 Å². The molecular weight excluding hydrogens is 208 g/mol. The van der Waals surface area contributed by atoms with E-state index in [0.29, 0.717) is 13.2 Å². The van der Waals surface area contributed by atoms with E-state index >= 15 is 0 Å². The van der Waals surface area contributed by atoms with Gasteiger partial charge in [-0.25, -0.2) is 0 Å². The lowest BCUT2D eigenvalue weighted by atomic mass is 10.2. The average molecular weight is 226 g/mol. The number of amides is 1. The number of hydrogen-bond donors (Lipinski definition) is 1. The molecule has 5 heteroatoms. The second kappa shape index (κ2) is 4.31. The summed E-state index contributed by atoms with van der Waals surface area (Å²) in [6, 6.07) is 0. The monoisotopic (exact) mass is 226 g/mol. The van der Waals surface area contributed by atoms with Crippen molar-refractivity contribution in [2.24, 2.45) is 0 Å². The third-order valence-electron chi connectivity index (χ3n) is 3.56. The highest BCUT2D eigenvalue weighted by atomic mass is 16.5. The number of morpholine rings is 2.